The van der Waals surface area contributed by atoms with Crippen LogP contribution in [-0.4, -0.2) is 51.8 Å². The first-order valence-electron chi connectivity index (χ1n) is 14.0. The summed E-state index contributed by atoms with van der Waals surface area (Å²) in [5, 5.41) is 24.3. The number of carboxylic acids is 1. The molecule has 3 N–H and O–H groups in total. The molecular formula is C30H37N3O4S. The van der Waals surface area contributed by atoms with Crippen LogP contribution in [0.2, 0.25) is 0 Å². The van der Waals surface area contributed by atoms with Crippen LogP contribution in [0.25, 0.3) is 0 Å². The Balaban J connectivity index is 1.22. The second kappa shape index (κ2) is 10.5. The van der Waals surface area contributed by atoms with E-state index >= 15 is 0 Å². The lowest BCUT2D eigenvalue weighted by atomic mass is 9.52. The van der Waals surface area contributed by atoms with Gasteiger partial charge in [-0.15, -0.1) is 11.8 Å². The highest BCUT2D eigenvalue weighted by atomic mass is 32.2. The first-order chi connectivity index (χ1) is 18.3. The van der Waals surface area contributed by atoms with Crippen LogP contribution in [-0.2, 0) is 10.5 Å². The van der Waals surface area contributed by atoms with Gasteiger partial charge in [0.05, 0.1) is 11.2 Å². The van der Waals surface area contributed by atoms with Crippen molar-refractivity contribution in [1.82, 2.24) is 10.3 Å². The molecule has 4 aliphatic carbocycles. The number of amides is 1. The number of nitrogens with zero attached hydrogens (tertiary/aromatic N) is 2. The van der Waals surface area contributed by atoms with E-state index in [-0.39, 0.29) is 24.3 Å². The molecule has 1 aromatic heterocycles. The van der Waals surface area contributed by atoms with Crippen LogP contribution in [0.5, 0.6) is 0 Å². The zero-order valence-electron chi connectivity index (χ0n) is 21.7. The normalized spacial score (nSPS) is 31.8. The summed E-state index contributed by atoms with van der Waals surface area (Å²) < 4.78 is 0. The Morgan fingerprint density at radius 3 is 2.55 bits per heavy atom. The predicted molar refractivity (Wildman–Crippen MR) is 147 cm³/mol. The Hall–Kier alpha value is -2.58. The predicted octanol–water partition coefficient (Wildman–Crippen LogP) is 4.73. The first-order valence-corrected chi connectivity index (χ1v) is 15.0. The van der Waals surface area contributed by atoms with Crippen molar-refractivity contribution in [3.63, 3.8) is 0 Å². The SMILES string of the molecule is O=C(O)C[C@@H]1CCCN(c2ccc(C(=O)NC3C4CC5CC3CC(O)(C5)C4)c(SCc3ccccc3)n2)C1. The fourth-order valence-corrected chi connectivity index (χ4v) is 8.72. The summed E-state index contributed by atoms with van der Waals surface area (Å²) in [5.74, 6) is 2.09. The summed E-state index contributed by atoms with van der Waals surface area (Å²) in [6.07, 6.45) is 6.74. The number of anilines is 1. The Morgan fingerprint density at radius 1 is 1.08 bits per heavy atom. The minimum atomic E-state index is -0.757. The van der Waals surface area contributed by atoms with Crippen molar-refractivity contribution in [2.45, 2.75) is 73.8 Å². The van der Waals surface area contributed by atoms with E-state index in [4.69, 9.17) is 4.98 Å². The molecule has 2 aromatic rings. The fraction of sp³-hybridized carbons (Fsp3) is 0.567. The number of hydrogen-bond donors (Lipinski definition) is 3. The third kappa shape index (κ3) is 5.43. The number of hydrogen-bond acceptors (Lipinski definition) is 6. The topological polar surface area (TPSA) is 103 Å². The summed E-state index contributed by atoms with van der Waals surface area (Å²) in [6.45, 7) is 1.51. The van der Waals surface area contributed by atoms with Gasteiger partial charge in [0, 0.05) is 31.3 Å². The molecular weight excluding hydrogens is 498 g/mol. The number of rotatable bonds is 8. The van der Waals surface area contributed by atoms with E-state index in [2.05, 4.69) is 22.3 Å². The zero-order valence-corrected chi connectivity index (χ0v) is 22.5. The smallest absolute Gasteiger partial charge is 0.303 e. The van der Waals surface area contributed by atoms with E-state index in [1.54, 1.807) is 11.8 Å². The lowest BCUT2D eigenvalue weighted by Crippen LogP contribution is -2.61. The van der Waals surface area contributed by atoms with Crippen LogP contribution in [0.3, 0.4) is 0 Å². The molecule has 8 heteroatoms. The van der Waals surface area contributed by atoms with Crippen molar-refractivity contribution >= 4 is 29.5 Å². The van der Waals surface area contributed by atoms with E-state index in [9.17, 15) is 19.8 Å². The van der Waals surface area contributed by atoms with Crippen LogP contribution in [0.15, 0.2) is 47.5 Å². The van der Waals surface area contributed by atoms with Gasteiger partial charge in [0.25, 0.3) is 5.91 Å². The molecule has 0 spiro atoms. The zero-order chi connectivity index (χ0) is 26.3. The Kier molecular flexibility index (Phi) is 7.12. The van der Waals surface area contributed by atoms with Crippen LogP contribution in [0.4, 0.5) is 5.82 Å². The molecule has 5 aliphatic rings. The summed E-state index contributed by atoms with van der Waals surface area (Å²) in [5.41, 5.74) is 1.25. The van der Waals surface area contributed by atoms with Crippen LogP contribution < -0.4 is 10.2 Å². The number of carbonyl (C=O) groups is 2. The van der Waals surface area contributed by atoms with Gasteiger partial charge in [-0.25, -0.2) is 4.98 Å². The largest absolute Gasteiger partial charge is 0.481 e. The molecule has 202 valence electrons. The fourth-order valence-electron chi connectivity index (χ4n) is 7.75. The molecule has 1 saturated heterocycles. The van der Waals surface area contributed by atoms with Gasteiger partial charge < -0.3 is 20.4 Å². The van der Waals surface area contributed by atoms with Gasteiger partial charge in [0.1, 0.15) is 10.8 Å². The van der Waals surface area contributed by atoms with Crippen molar-refractivity contribution in [3.8, 4) is 0 Å². The molecule has 1 amide bonds. The monoisotopic (exact) mass is 535 g/mol. The van der Waals surface area contributed by atoms with Crippen molar-refractivity contribution < 1.29 is 19.8 Å². The maximum atomic E-state index is 13.7. The maximum absolute atomic E-state index is 13.7. The van der Waals surface area contributed by atoms with Gasteiger partial charge in [-0.2, -0.15) is 0 Å². The molecule has 3 atom stereocenters. The number of aromatic nitrogens is 1. The maximum Gasteiger partial charge on any atom is 0.303 e. The molecule has 0 radical (unpaired) electrons. The van der Waals surface area contributed by atoms with Gasteiger partial charge in [0.15, 0.2) is 0 Å². The molecule has 7 nitrogen and oxygen atoms in total. The van der Waals surface area contributed by atoms with Crippen LogP contribution in [0, 0.1) is 23.7 Å². The number of thioether (sulfide) groups is 1. The Morgan fingerprint density at radius 2 is 1.84 bits per heavy atom. The van der Waals surface area contributed by atoms with Crippen molar-refractivity contribution in [2.75, 3.05) is 18.0 Å². The molecule has 38 heavy (non-hydrogen) atoms. The van der Waals surface area contributed by atoms with E-state index in [1.165, 1.54) is 5.56 Å². The quantitative estimate of drug-likeness (QED) is 0.420. The minimum absolute atomic E-state index is 0.0773. The summed E-state index contributed by atoms with van der Waals surface area (Å²) in [6, 6.07) is 14.1. The summed E-state index contributed by atoms with van der Waals surface area (Å²) >= 11 is 1.58. The van der Waals surface area contributed by atoms with Gasteiger partial charge in [-0.1, -0.05) is 30.3 Å². The summed E-state index contributed by atoms with van der Waals surface area (Å²) in [7, 11) is 0. The third-order valence-electron chi connectivity index (χ3n) is 9.15. The number of carbonyl (C=O) groups excluding carboxylic acids is 1. The number of aliphatic carboxylic acids is 1. The molecule has 5 fully saturated rings. The molecule has 2 heterocycles. The van der Waals surface area contributed by atoms with Crippen molar-refractivity contribution in [2.24, 2.45) is 23.7 Å². The van der Waals surface area contributed by atoms with E-state index in [1.807, 2.05) is 30.3 Å². The lowest BCUT2D eigenvalue weighted by Gasteiger charge is -2.58. The van der Waals surface area contributed by atoms with Gasteiger partial charge in [-0.05, 0) is 86.3 Å². The van der Waals surface area contributed by atoms with E-state index in [0.717, 1.165) is 57.3 Å². The van der Waals surface area contributed by atoms with Crippen molar-refractivity contribution in [1.29, 1.82) is 0 Å². The summed E-state index contributed by atoms with van der Waals surface area (Å²) in [4.78, 5) is 32.1. The first kappa shape index (κ1) is 25.7. The molecule has 4 bridgehead atoms. The molecule has 7 rings (SSSR count). The minimum Gasteiger partial charge on any atom is -0.481 e. The van der Waals surface area contributed by atoms with Crippen LogP contribution in [0.1, 0.15) is 67.3 Å². The molecule has 4 saturated carbocycles. The standard InChI is InChI=1S/C30H37N3O4S/c34-26(35)13-20-7-4-10-33(17-20)25-9-8-24(29(31-25)38-18-19-5-2-1-3-6-19)28(36)32-27-22-11-21-12-23(27)16-30(37,14-21)15-22/h1-3,5-6,8-9,20-23,27,37H,4,7,10-18H2,(H,32,36)(H,34,35)/t20-,21?,22?,23?,27?,30?/m0/s1. The average Bonchev–Trinajstić information content (AvgIpc) is 2.89. The average molecular weight is 536 g/mol. The highest BCUT2D eigenvalue weighted by Gasteiger charge is 2.55. The third-order valence-corrected chi connectivity index (χ3v) is 10.2. The Labute approximate surface area is 228 Å². The van der Waals surface area contributed by atoms with E-state index in [0.29, 0.717) is 40.6 Å². The molecule has 1 aromatic carbocycles. The number of nitrogens with one attached hydrogen (secondary N) is 1. The second-order valence-electron chi connectivity index (χ2n) is 12.0. The number of benzene rings is 1. The highest BCUT2D eigenvalue weighted by molar-refractivity contribution is 7.98. The van der Waals surface area contributed by atoms with Crippen molar-refractivity contribution in [3.05, 3.63) is 53.6 Å². The Bertz CT molecular complexity index is 1180. The molecule has 2 unspecified atom stereocenters. The van der Waals surface area contributed by atoms with Crippen LogP contribution >= 0.6 is 11.8 Å². The van der Waals surface area contributed by atoms with Gasteiger partial charge >= 0.3 is 5.97 Å². The molecule has 1 aliphatic heterocycles. The van der Waals surface area contributed by atoms with Gasteiger partial charge in [0.2, 0.25) is 0 Å². The number of carboxylic acid groups (broad SMARTS) is 1. The highest BCUT2D eigenvalue weighted by Crippen LogP contribution is 2.55. The van der Waals surface area contributed by atoms with E-state index < -0.39 is 11.6 Å². The number of pyridine rings is 1. The second-order valence-corrected chi connectivity index (χ2v) is 13.0. The number of piperidine rings is 1. The van der Waals surface area contributed by atoms with Gasteiger partial charge in [-0.3, -0.25) is 9.59 Å². The lowest BCUT2D eigenvalue weighted by molar-refractivity contribution is -0.138. The number of aliphatic hydroxyl groups is 1.